The molecule has 0 unspecified atom stereocenters. The molecule has 0 saturated heterocycles. The minimum Gasteiger partial charge on any atom is -0.481 e. The minimum absolute atomic E-state index is 0.211. The van der Waals surface area contributed by atoms with Crippen molar-refractivity contribution >= 4 is 11.6 Å². The zero-order valence-corrected chi connectivity index (χ0v) is 12.5. The van der Waals surface area contributed by atoms with Gasteiger partial charge in [0, 0.05) is 11.3 Å². The number of hydrogen-bond donors (Lipinski definition) is 1. The number of rotatable bonds is 5. The van der Waals surface area contributed by atoms with Crippen molar-refractivity contribution in [1.82, 2.24) is 10.2 Å². The first kappa shape index (κ1) is 14.8. The standard InChI is InChI=1S/C17H15N3O3/c1-12(16(21)19-14-5-3-2-4-6-14)23-15-9-7-13(8-10-15)17-20-18-11-22-17/h2-12H,1H3,(H,19,21)/t12-/m1/s1. The number of anilines is 1. The van der Waals surface area contributed by atoms with Gasteiger partial charge in [-0.05, 0) is 43.3 Å². The summed E-state index contributed by atoms with van der Waals surface area (Å²) in [7, 11) is 0. The van der Waals surface area contributed by atoms with Gasteiger partial charge in [0.2, 0.25) is 12.3 Å². The molecule has 6 heteroatoms. The van der Waals surface area contributed by atoms with Gasteiger partial charge in [-0.15, -0.1) is 10.2 Å². The Morgan fingerprint density at radius 3 is 2.52 bits per heavy atom. The molecule has 0 spiro atoms. The molecular formula is C17H15N3O3. The number of carbonyl (C=O) groups excluding carboxylic acids is 1. The predicted molar refractivity (Wildman–Crippen MR) is 84.9 cm³/mol. The molecule has 23 heavy (non-hydrogen) atoms. The zero-order valence-electron chi connectivity index (χ0n) is 12.5. The van der Waals surface area contributed by atoms with Crippen molar-refractivity contribution in [2.24, 2.45) is 0 Å². The number of amides is 1. The Morgan fingerprint density at radius 1 is 1.13 bits per heavy atom. The molecule has 0 bridgehead atoms. The summed E-state index contributed by atoms with van der Waals surface area (Å²) in [6, 6.07) is 16.4. The Hall–Kier alpha value is -3.15. The molecular weight excluding hydrogens is 294 g/mol. The average molecular weight is 309 g/mol. The Bertz CT molecular complexity index is 756. The van der Waals surface area contributed by atoms with Crippen LogP contribution >= 0.6 is 0 Å². The van der Waals surface area contributed by atoms with Crippen LogP contribution in [0.3, 0.4) is 0 Å². The smallest absolute Gasteiger partial charge is 0.265 e. The lowest BCUT2D eigenvalue weighted by Crippen LogP contribution is -2.30. The monoisotopic (exact) mass is 309 g/mol. The highest BCUT2D eigenvalue weighted by atomic mass is 16.5. The molecule has 0 radical (unpaired) electrons. The third-order valence-corrected chi connectivity index (χ3v) is 3.18. The summed E-state index contributed by atoms with van der Waals surface area (Å²) in [5.41, 5.74) is 1.52. The van der Waals surface area contributed by atoms with Crippen molar-refractivity contribution in [2.75, 3.05) is 5.32 Å². The van der Waals surface area contributed by atoms with Crippen LogP contribution in [0.1, 0.15) is 6.92 Å². The van der Waals surface area contributed by atoms with Crippen molar-refractivity contribution in [3.63, 3.8) is 0 Å². The van der Waals surface area contributed by atoms with Gasteiger partial charge in [0.1, 0.15) is 5.75 Å². The Balaban J connectivity index is 1.61. The van der Waals surface area contributed by atoms with Gasteiger partial charge < -0.3 is 14.5 Å². The van der Waals surface area contributed by atoms with E-state index in [2.05, 4.69) is 15.5 Å². The van der Waals surface area contributed by atoms with Crippen LogP contribution in [-0.2, 0) is 4.79 Å². The molecule has 116 valence electrons. The predicted octanol–water partition coefficient (Wildman–Crippen LogP) is 3.14. The van der Waals surface area contributed by atoms with Crippen LogP contribution in [0.25, 0.3) is 11.5 Å². The second kappa shape index (κ2) is 6.74. The van der Waals surface area contributed by atoms with Crippen molar-refractivity contribution in [2.45, 2.75) is 13.0 Å². The summed E-state index contributed by atoms with van der Waals surface area (Å²) in [6.07, 6.45) is 0.653. The van der Waals surface area contributed by atoms with Gasteiger partial charge in [-0.25, -0.2) is 0 Å². The first-order valence-corrected chi connectivity index (χ1v) is 7.11. The summed E-state index contributed by atoms with van der Waals surface area (Å²) < 4.78 is 10.8. The van der Waals surface area contributed by atoms with Gasteiger partial charge in [0.15, 0.2) is 6.10 Å². The summed E-state index contributed by atoms with van der Waals surface area (Å²) in [5.74, 6) is 0.813. The second-order valence-electron chi connectivity index (χ2n) is 4.88. The highest BCUT2D eigenvalue weighted by Gasteiger charge is 2.15. The molecule has 1 amide bonds. The Labute approximate surface area is 133 Å². The van der Waals surface area contributed by atoms with E-state index >= 15 is 0 Å². The number of nitrogens with zero attached hydrogens (tertiary/aromatic N) is 2. The van der Waals surface area contributed by atoms with E-state index in [9.17, 15) is 4.79 Å². The highest BCUT2D eigenvalue weighted by molar-refractivity contribution is 5.94. The number of nitrogens with one attached hydrogen (secondary N) is 1. The normalized spacial score (nSPS) is 11.7. The maximum absolute atomic E-state index is 12.1. The number of ether oxygens (including phenoxy) is 1. The maximum Gasteiger partial charge on any atom is 0.265 e. The first-order chi connectivity index (χ1) is 11.2. The third-order valence-electron chi connectivity index (χ3n) is 3.18. The second-order valence-corrected chi connectivity index (χ2v) is 4.88. The number of benzene rings is 2. The fourth-order valence-electron chi connectivity index (χ4n) is 2.00. The van der Waals surface area contributed by atoms with E-state index in [0.717, 1.165) is 11.3 Å². The van der Waals surface area contributed by atoms with E-state index in [4.69, 9.17) is 9.15 Å². The number of carbonyl (C=O) groups is 1. The summed E-state index contributed by atoms with van der Waals surface area (Å²) in [4.78, 5) is 12.1. The molecule has 0 aliphatic carbocycles. The van der Waals surface area contributed by atoms with E-state index in [1.807, 2.05) is 30.3 Å². The van der Waals surface area contributed by atoms with Crippen LogP contribution in [0.4, 0.5) is 5.69 Å². The van der Waals surface area contributed by atoms with Gasteiger partial charge in [0.25, 0.3) is 5.91 Å². The molecule has 0 saturated carbocycles. The van der Waals surface area contributed by atoms with Crippen molar-refractivity contribution in [3.05, 3.63) is 61.0 Å². The van der Waals surface area contributed by atoms with Crippen LogP contribution < -0.4 is 10.1 Å². The van der Waals surface area contributed by atoms with E-state index in [-0.39, 0.29) is 5.91 Å². The molecule has 1 heterocycles. The quantitative estimate of drug-likeness (QED) is 0.783. The molecule has 6 nitrogen and oxygen atoms in total. The SMILES string of the molecule is C[C@@H](Oc1ccc(-c2nnco2)cc1)C(=O)Nc1ccccc1. The largest absolute Gasteiger partial charge is 0.481 e. The van der Waals surface area contributed by atoms with E-state index in [0.29, 0.717) is 11.6 Å². The molecule has 1 aromatic heterocycles. The minimum atomic E-state index is -0.621. The number of para-hydroxylation sites is 1. The molecule has 0 aliphatic heterocycles. The van der Waals surface area contributed by atoms with Crippen LogP contribution in [0.15, 0.2) is 65.4 Å². The molecule has 1 atom stereocenters. The van der Waals surface area contributed by atoms with E-state index in [1.165, 1.54) is 6.39 Å². The number of hydrogen-bond acceptors (Lipinski definition) is 5. The molecule has 2 aromatic carbocycles. The molecule has 1 N–H and O–H groups in total. The molecule has 0 fully saturated rings. The summed E-state index contributed by atoms with van der Waals surface area (Å²) in [6.45, 7) is 1.70. The molecule has 3 aromatic rings. The summed E-state index contributed by atoms with van der Waals surface area (Å²) in [5, 5.41) is 10.3. The van der Waals surface area contributed by atoms with Crippen LogP contribution in [0.2, 0.25) is 0 Å². The molecule has 0 aliphatic rings. The lowest BCUT2D eigenvalue weighted by Gasteiger charge is -2.14. The number of aromatic nitrogens is 2. The van der Waals surface area contributed by atoms with E-state index in [1.54, 1.807) is 31.2 Å². The van der Waals surface area contributed by atoms with Crippen LogP contribution in [0, 0.1) is 0 Å². The van der Waals surface area contributed by atoms with Crippen molar-refractivity contribution in [1.29, 1.82) is 0 Å². The van der Waals surface area contributed by atoms with Gasteiger partial charge in [-0.1, -0.05) is 18.2 Å². The maximum atomic E-state index is 12.1. The Morgan fingerprint density at radius 2 is 1.87 bits per heavy atom. The molecule has 3 rings (SSSR count). The van der Waals surface area contributed by atoms with Crippen molar-refractivity contribution in [3.8, 4) is 17.2 Å². The van der Waals surface area contributed by atoms with Crippen molar-refractivity contribution < 1.29 is 13.9 Å². The Kier molecular flexibility index (Phi) is 4.33. The lowest BCUT2D eigenvalue weighted by molar-refractivity contribution is -0.122. The zero-order chi connectivity index (χ0) is 16.1. The topological polar surface area (TPSA) is 77.2 Å². The average Bonchev–Trinajstić information content (AvgIpc) is 3.11. The van der Waals surface area contributed by atoms with Crippen LogP contribution in [0.5, 0.6) is 5.75 Å². The third kappa shape index (κ3) is 3.74. The van der Waals surface area contributed by atoms with Gasteiger partial charge in [-0.2, -0.15) is 0 Å². The fourth-order valence-corrected chi connectivity index (χ4v) is 2.00. The fraction of sp³-hybridized carbons (Fsp3) is 0.118. The lowest BCUT2D eigenvalue weighted by atomic mass is 10.2. The van der Waals surface area contributed by atoms with Gasteiger partial charge >= 0.3 is 0 Å². The highest BCUT2D eigenvalue weighted by Crippen LogP contribution is 2.21. The van der Waals surface area contributed by atoms with E-state index < -0.39 is 6.10 Å². The first-order valence-electron chi connectivity index (χ1n) is 7.11. The van der Waals surface area contributed by atoms with Gasteiger partial charge in [-0.3, -0.25) is 4.79 Å². The van der Waals surface area contributed by atoms with Crippen LogP contribution in [-0.4, -0.2) is 22.2 Å². The van der Waals surface area contributed by atoms with Gasteiger partial charge in [0.05, 0.1) is 0 Å². The summed E-state index contributed by atoms with van der Waals surface area (Å²) >= 11 is 0.